The number of halogens is 5. The first-order chi connectivity index (χ1) is 26.6. The summed E-state index contributed by atoms with van der Waals surface area (Å²) >= 11 is 0.531. The lowest BCUT2D eigenvalue weighted by molar-refractivity contribution is -0.146. The zero-order valence-corrected chi connectivity index (χ0v) is 32.2. The molecule has 1 aromatic carbocycles. The number of aliphatic carboxylic acids is 1. The summed E-state index contributed by atoms with van der Waals surface area (Å²) in [4.78, 5) is 39.1. The molecule has 4 fully saturated rings. The van der Waals surface area contributed by atoms with E-state index in [9.17, 15) is 27.9 Å². The van der Waals surface area contributed by atoms with Crippen molar-refractivity contribution in [2.75, 3.05) is 29.4 Å². The van der Waals surface area contributed by atoms with Gasteiger partial charge >= 0.3 is 12.1 Å². The molecule has 56 heavy (non-hydrogen) atoms. The number of benzene rings is 1. The molecule has 4 heterocycles. The predicted octanol–water partition coefficient (Wildman–Crippen LogP) is 8.26. The van der Waals surface area contributed by atoms with E-state index in [1.807, 2.05) is 23.1 Å². The van der Waals surface area contributed by atoms with Gasteiger partial charge in [-0.1, -0.05) is 43.9 Å². The molecule has 1 spiro atoms. The van der Waals surface area contributed by atoms with E-state index in [4.69, 9.17) is 4.74 Å². The van der Waals surface area contributed by atoms with Crippen LogP contribution in [0.3, 0.4) is 0 Å². The van der Waals surface area contributed by atoms with Gasteiger partial charge in [0.1, 0.15) is 23.1 Å². The second kappa shape index (κ2) is 14.3. The van der Waals surface area contributed by atoms with E-state index >= 15 is 8.78 Å². The summed E-state index contributed by atoms with van der Waals surface area (Å²) in [5, 5.41) is 19.5. The highest BCUT2D eigenvalue weighted by atomic mass is 32.1. The van der Waals surface area contributed by atoms with E-state index < -0.39 is 45.8 Å². The molecule has 8 rings (SSSR count). The second-order valence-electron chi connectivity index (χ2n) is 16.6. The Bertz CT molecular complexity index is 1980. The topological polar surface area (TPSA) is 134 Å². The SMILES string of the molecule is CCC1CC2CC(C1)C(NC(=O)c1cnc(N3CC4(CCCCC4)c4cc(OC5CCN(c6nnc(C(F)(F)F)s6)CC5)ccc43)nc1C(C)(F)F)(C(=O)O)C2. The Hall–Kier alpha value is -4.15. The minimum absolute atomic E-state index is 0.0311. The monoisotopic (exact) mass is 803 g/mol. The van der Waals surface area contributed by atoms with Gasteiger partial charge in [-0.15, -0.1) is 10.2 Å². The Labute approximate surface area is 325 Å². The van der Waals surface area contributed by atoms with E-state index in [1.54, 1.807) is 4.90 Å². The maximum absolute atomic E-state index is 15.4. The van der Waals surface area contributed by atoms with E-state index in [1.165, 1.54) is 0 Å². The van der Waals surface area contributed by atoms with Gasteiger partial charge in [-0.2, -0.15) is 22.0 Å². The van der Waals surface area contributed by atoms with Crippen LogP contribution in [0.4, 0.5) is 38.7 Å². The fourth-order valence-corrected chi connectivity index (χ4v) is 11.0. The van der Waals surface area contributed by atoms with Crippen LogP contribution < -0.4 is 19.9 Å². The lowest BCUT2D eigenvalue weighted by atomic mass is 9.71. The number of carbonyl (C=O) groups is 2. The highest BCUT2D eigenvalue weighted by Crippen LogP contribution is 2.53. The van der Waals surface area contributed by atoms with Crippen molar-refractivity contribution < 1.29 is 41.4 Å². The molecule has 0 radical (unpaired) electrons. The number of carboxylic acids is 1. The third-order valence-corrected chi connectivity index (χ3v) is 14.0. The first-order valence-corrected chi connectivity index (χ1v) is 20.5. The van der Waals surface area contributed by atoms with Crippen LogP contribution in [0, 0.1) is 17.8 Å². The number of amides is 1. The molecule has 2 aliphatic heterocycles. The third-order valence-electron chi connectivity index (χ3n) is 13.0. The molecular formula is C39H46F5N7O4S. The molecule has 2 aromatic heterocycles. The molecule has 1 amide bonds. The van der Waals surface area contributed by atoms with E-state index in [2.05, 4.69) is 32.4 Å². The maximum Gasteiger partial charge on any atom is 0.445 e. The number of alkyl halides is 5. The van der Waals surface area contributed by atoms with Crippen LogP contribution >= 0.6 is 11.3 Å². The largest absolute Gasteiger partial charge is 0.490 e. The lowest BCUT2D eigenvalue weighted by Crippen LogP contribution is -2.57. The van der Waals surface area contributed by atoms with Crippen LogP contribution in [-0.4, -0.2) is 68.4 Å². The fraction of sp³-hybridized carbons (Fsp3) is 0.641. The van der Waals surface area contributed by atoms with Crippen molar-refractivity contribution >= 4 is 40.0 Å². The number of ether oxygens (including phenoxy) is 1. The van der Waals surface area contributed by atoms with Gasteiger partial charge in [-0.25, -0.2) is 14.8 Å². The standard InChI is InChI=1S/C39H46F5N7O4S/c1-3-22-15-23-17-24(16-22)38(19-23,33(53)54)47-31(52)27-20-45-34(46-30(27)36(2,40)41)51-21-37(11-5-4-6-12-37)28-18-26(7-8-29(28)51)55-25-9-13-50(14-10-25)35-49-48-32(56-35)39(42,43)44/h7-8,18,20,22-25H,3-6,9-17,19,21H2,1-2H3,(H,47,52)(H,53,54). The smallest absolute Gasteiger partial charge is 0.445 e. The summed E-state index contributed by atoms with van der Waals surface area (Å²) in [6.45, 7) is 4.14. The molecule has 3 aliphatic carbocycles. The zero-order chi connectivity index (χ0) is 39.6. The van der Waals surface area contributed by atoms with Gasteiger partial charge in [0, 0.05) is 56.7 Å². The lowest BCUT2D eigenvalue weighted by Gasteiger charge is -2.35. The van der Waals surface area contributed by atoms with E-state index in [0.717, 1.165) is 62.4 Å². The third kappa shape index (κ3) is 7.06. The number of nitrogens with zero attached hydrogens (tertiary/aromatic N) is 6. The Kier molecular flexibility index (Phi) is 9.92. The number of carbonyl (C=O) groups excluding carboxylic acids is 1. The Morgan fingerprint density at radius 2 is 1.80 bits per heavy atom. The van der Waals surface area contributed by atoms with Crippen LogP contribution in [-0.2, 0) is 22.3 Å². The van der Waals surface area contributed by atoms with E-state index in [-0.39, 0.29) is 40.9 Å². The van der Waals surface area contributed by atoms with Gasteiger partial charge in [-0.3, -0.25) is 4.79 Å². The van der Waals surface area contributed by atoms with Crippen LogP contribution in [0.25, 0.3) is 0 Å². The molecule has 3 saturated carbocycles. The Balaban J connectivity index is 1.03. The minimum atomic E-state index is -4.54. The second-order valence-corrected chi connectivity index (χ2v) is 17.6. The summed E-state index contributed by atoms with van der Waals surface area (Å²) in [6.07, 6.45) is 5.76. The summed E-state index contributed by atoms with van der Waals surface area (Å²) in [7, 11) is 0. The van der Waals surface area contributed by atoms with Gasteiger partial charge in [0.05, 0.1) is 5.56 Å². The number of carboxylic acid groups (broad SMARTS) is 1. The van der Waals surface area contributed by atoms with Gasteiger partial charge < -0.3 is 25.0 Å². The first-order valence-electron chi connectivity index (χ1n) is 19.6. The van der Waals surface area contributed by atoms with Crippen LogP contribution in [0.1, 0.15) is 118 Å². The van der Waals surface area contributed by atoms with Crippen molar-refractivity contribution in [1.29, 1.82) is 0 Å². The van der Waals surface area contributed by atoms with Crippen molar-refractivity contribution in [3.05, 3.63) is 46.2 Å². The normalized spacial score (nSPS) is 26.4. The number of hydrogen-bond donors (Lipinski definition) is 2. The summed E-state index contributed by atoms with van der Waals surface area (Å²) in [5.74, 6) is -4.70. The molecule has 2 N–H and O–H groups in total. The number of anilines is 3. The summed E-state index contributed by atoms with van der Waals surface area (Å²) < 4.78 is 76.5. The molecule has 17 heteroatoms. The molecule has 4 unspecified atom stereocenters. The Morgan fingerprint density at radius 3 is 2.46 bits per heavy atom. The van der Waals surface area contributed by atoms with E-state index in [0.29, 0.717) is 75.2 Å². The number of rotatable bonds is 9. The molecule has 3 aromatic rings. The first kappa shape index (κ1) is 38.7. The van der Waals surface area contributed by atoms with Gasteiger partial charge in [0.25, 0.3) is 11.8 Å². The number of nitrogens with one attached hydrogen (secondary N) is 1. The van der Waals surface area contributed by atoms with Crippen molar-refractivity contribution in [3.63, 3.8) is 0 Å². The number of fused-ring (bicyclic) bond motifs is 4. The molecule has 2 bridgehead atoms. The number of aromatic nitrogens is 4. The molecule has 11 nitrogen and oxygen atoms in total. The zero-order valence-electron chi connectivity index (χ0n) is 31.4. The van der Waals surface area contributed by atoms with Crippen molar-refractivity contribution in [1.82, 2.24) is 25.5 Å². The molecule has 302 valence electrons. The van der Waals surface area contributed by atoms with Crippen molar-refractivity contribution in [3.8, 4) is 5.75 Å². The van der Waals surface area contributed by atoms with Crippen molar-refractivity contribution in [2.24, 2.45) is 17.8 Å². The van der Waals surface area contributed by atoms with Crippen LogP contribution in [0.15, 0.2) is 24.4 Å². The number of hydrogen-bond acceptors (Lipinski definition) is 10. The molecule has 5 aliphatic rings. The molecular weight excluding hydrogens is 758 g/mol. The van der Waals surface area contributed by atoms with Gasteiger partial charge in [0.15, 0.2) is 0 Å². The quantitative estimate of drug-likeness (QED) is 0.204. The highest BCUT2D eigenvalue weighted by Gasteiger charge is 2.57. The summed E-state index contributed by atoms with van der Waals surface area (Å²) in [6, 6.07) is 5.72. The highest BCUT2D eigenvalue weighted by molar-refractivity contribution is 7.15. The molecule has 1 saturated heterocycles. The van der Waals surface area contributed by atoms with Crippen LogP contribution in [0.5, 0.6) is 5.75 Å². The minimum Gasteiger partial charge on any atom is -0.490 e. The molecule has 4 atom stereocenters. The summed E-state index contributed by atoms with van der Waals surface area (Å²) in [5.41, 5.74) is -1.26. The van der Waals surface area contributed by atoms with Gasteiger partial charge in [-0.05, 0) is 80.0 Å². The van der Waals surface area contributed by atoms with Crippen LogP contribution in [0.2, 0.25) is 0 Å². The Morgan fingerprint density at radius 1 is 1.05 bits per heavy atom. The predicted molar refractivity (Wildman–Crippen MR) is 198 cm³/mol. The van der Waals surface area contributed by atoms with Crippen molar-refractivity contribution in [2.45, 2.75) is 120 Å². The van der Waals surface area contributed by atoms with Gasteiger partial charge in [0.2, 0.25) is 16.1 Å². The average molecular weight is 804 g/mol. The maximum atomic E-state index is 15.4. The fourth-order valence-electron chi connectivity index (χ4n) is 10.2. The number of piperidine rings is 1. The average Bonchev–Trinajstić information content (AvgIpc) is 3.85.